The van der Waals surface area contributed by atoms with Crippen molar-refractivity contribution in [3.8, 4) is 0 Å². The first-order chi connectivity index (χ1) is 6.16. The largest absolute Gasteiger partial charge is 0.317 e. The zero-order valence-corrected chi connectivity index (χ0v) is 8.60. The van der Waals surface area contributed by atoms with E-state index in [-0.39, 0.29) is 0 Å². The highest BCUT2D eigenvalue weighted by molar-refractivity contribution is 5.84. The van der Waals surface area contributed by atoms with Gasteiger partial charge in [-0.15, -0.1) is 0 Å². The molecule has 2 aliphatic rings. The van der Waals surface area contributed by atoms with Gasteiger partial charge in [0.15, 0.2) is 0 Å². The molecule has 2 nitrogen and oxygen atoms in total. The Morgan fingerprint density at radius 3 is 2.38 bits per heavy atom. The Balaban J connectivity index is 2.18. The van der Waals surface area contributed by atoms with Gasteiger partial charge in [-0.3, -0.25) is 4.79 Å². The number of hydrogen-bond donors (Lipinski definition) is 1. The predicted molar refractivity (Wildman–Crippen MR) is 52.5 cm³/mol. The average Bonchev–Trinajstić information content (AvgIpc) is 2.33. The van der Waals surface area contributed by atoms with Crippen molar-refractivity contribution in [1.29, 1.82) is 0 Å². The molecule has 2 atom stereocenters. The molecular weight excluding hydrogens is 162 g/mol. The van der Waals surface area contributed by atoms with Gasteiger partial charge in [-0.05, 0) is 37.3 Å². The van der Waals surface area contributed by atoms with E-state index in [9.17, 15) is 4.79 Å². The average molecular weight is 181 g/mol. The molecule has 13 heavy (non-hydrogen) atoms. The summed E-state index contributed by atoms with van der Waals surface area (Å²) in [4.78, 5) is 11.6. The Labute approximate surface area is 80.1 Å². The van der Waals surface area contributed by atoms with Crippen LogP contribution < -0.4 is 5.32 Å². The molecule has 0 aromatic rings. The van der Waals surface area contributed by atoms with Crippen LogP contribution in [-0.4, -0.2) is 18.9 Å². The summed E-state index contributed by atoms with van der Waals surface area (Å²) in [5, 5.41) is 3.37. The molecule has 1 spiro atoms. The molecule has 0 radical (unpaired) electrons. The molecule has 1 heterocycles. The van der Waals surface area contributed by atoms with Crippen molar-refractivity contribution >= 4 is 5.78 Å². The lowest BCUT2D eigenvalue weighted by atomic mass is 9.70. The first-order valence-electron chi connectivity index (χ1n) is 5.39. The lowest BCUT2D eigenvalue weighted by molar-refractivity contribution is -0.120. The Morgan fingerprint density at radius 1 is 1.31 bits per heavy atom. The Morgan fingerprint density at radius 2 is 1.92 bits per heavy atom. The van der Waals surface area contributed by atoms with Gasteiger partial charge in [0.05, 0.1) is 0 Å². The standard InChI is InChI=1S/C11H19NO/c1-8-9(2)11(7-10(8)13)3-5-12-6-4-11/h8-9,12H,3-7H2,1-2H3. The van der Waals surface area contributed by atoms with Crippen LogP contribution >= 0.6 is 0 Å². The molecule has 1 N–H and O–H groups in total. The van der Waals surface area contributed by atoms with Crippen molar-refractivity contribution in [2.24, 2.45) is 17.3 Å². The smallest absolute Gasteiger partial charge is 0.136 e. The summed E-state index contributed by atoms with van der Waals surface area (Å²) >= 11 is 0. The molecule has 2 heteroatoms. The quantitative estimate of drug-likeness (QED) is 0.615. The lowest BCUT2D eigenvalue weighted by Crippen LogP contribution is -2.39. The van der Waals surface area contributed by atoms with Gasteiger partial charge in [-0.1, -0.05) is 13.8 Å². The molecule has 0 aromatic carbocycles. The zero-order valence-electron chi connectivity index (χ0n) is 8.60. The fourth-order valence-electron chi connectivity index (χ4n) is 3.03. The fourth-order valence-corrected chi connectivity index (χ4v) is 3.03. The highest BCUT2D eigenvalue weighted by Crippen LogP contribution is 2.50. The summed E-state index contributed by atoms with van der Waals surface area (Å²) in [5.41, 5.74) is 0.363. The van der Waals surface area contributed by atoms with Crippen LogP contribution in [0.4, 0.5) is 0 Å². The normalized spacial score (nSPS) is 38.5. The minimum atomic E-state index is 0.304. The third kappa shape index (κ3) is 1.32. The van der Waals surface area contributed by atoms with Crippen LogP contribution in [0.25, 0.3) is 0 Å². The molecule has 0 bridgehead atoms. The molecule has 1 aliphatic carbocycles. The molecule has 1 aliphatic heterocycles. The Kier molecular flexibility index (Phi) is 2.18. The molecule has 1 saturated heterocycles. The molecular formula is C11H19NO. The van der Waals surface area contributed by atoms with Crippen LogP contribution in [0.1, 0.15) is 33.1 Å². The maximum absolute atomic E-state index is 11.6. The number of piperidine rings is 1. The molecule has 1 saturated carbocycles. The van der Waals surface area contributed by atoms with Crippen LogP contribution in [0, 0.1) is 17.3 Å². The van der Waals surface area contributed by atoms with Crippen molar-refractivity contribution in [1.82, 2.24) is 5.32 Å². The summed E-state index contributed by atoms with van der Waals surface area (Å²) in [6.45, 7) is 6.57. The summed E-state index contributed by atoms with van der Waals surface area (Å²) in [6.07, 6.45) is 3.24. The number of rotatable bonds is 0. The van der Waals surface area contributed by atoms with Gasteiger partial charge in [0.2, 0.25) is 0 Å². The van der Waals surface area contributed by atoms with E-state index in [1.54, 1.807) is 0 Å². The van der Waals surface area contributed by atoms with Gasteiger partial charge >= 0.3 is 0 Å². The molecule has 0 amide bonds. The number of nitrogens with one attached hydrogen (secondary N) is 1. The molecule has 0 aromatic heterocycles. The minimum absolute atomic E-state index is 0.304. The monoisotopic (exact) mass is 181 g/mol. The molecule has 2 rings (SSSR count). The molecule has 2 fully saturated rings. The van der Waals surface area contributed by atoms with Crippen LogP contribution in [0.3, 0.4) is 0 Å². The van der Waals surface area contributed by atoms with Crippen molar-refractivity contribution in [3.05, 3.63) is 0 Å². The third-order valence-corrected chi connectivity index (χ3v) is 4.35. The van der Waals surface area contributed by atoms with Gasteiger partial charge < -0.3 is 5.32 Å². The van der Waals surface area contributed by atoms with E-state index < -0.39 is 0 Å². The number of hydrogen-bond acceptors (Lipinski definition) is 2. The third-order valence-electron chi connectivity index (χ3n) is 4.35. The van der Waals surface area contributed by atoms with E-state index in [0.717, 1.165) is 19.5 Å². The van der Waals surface area contributed by atoms with E-state index in [1.807, 2.05) is 0 Å². The summed E-state index contributed by atoms with van der Waals surface area (Å²) in [5.74, 6) is 1.40. The molecule has 2 unspecified atom stereocenters. The second kappa shape index (κ2) is 3.09. The van der Waals surface area contributed by atoms with Crippen molar-refractivity contribution in [2.45, 2.75) is 33.1 Å². The number of Topliss-reactive ketones (excluding diaryl/α,β-unsaturated/α-hetero) is 1. The van der Waals surface area contributed by atoms with Crippen molar-refractivity contribution in [3.63, 3.8) is 0 Å². The zero-order chi connectivity index (χ0) is 9.47. The highest BCUT2D eigenvalue weighted by atomic mass is 16.1. The van der Waals surface area contributed by atoms with Gasteiger partial charge in [-0.2, -0.15) is 0 Å². The van der Waals surface area contributed by atoms with E-state index >= 15 is 0 Å². The Hall–Kier alpha value is -0.370. The highest BCUT2D eigenvalue weighted by Gasteiger charge is 2.48. The molecule has 74 valence electrons. The van der Waals surface area contributed by atoms with Gasteiger partial charge in [-0.25, -0.2) is 0 Å². The SMILES string of the molecule is CC1C(=O)CC2(CCNCC2)C1C. The maximum Gasteiger partial charge on any atom is 0.136 e. The second-order valence-electron chi connectivity index (χ2n) is 4.83. The predicted octanol–water partition coefficient (Wildman–Crippen LogP) is 1.60. The van der Waals surface area contributed by atoms with Crippen molar-refractivity contribution in [2.75, 3.05) is 13.1 Å². The van der Waals surface area contributed by atoms with Crippen LogP contribution in [0.2, 0.25) is 0 Å². The Bertz CT molecular complexity index is 218. The number of ketones is 1. The van der Waals surface area contributed by atoms with Crippen molar-refractivity contribution < 1.29 is 4.79 Å². The van der Waals surface area contributed by atoms with Gasteiger partial charge in [0.1, 0.15) is 5.78 Å². The van der Waals surface area contributed by atoms with Crippen LogP contribution in [0.15, 0.2) is 0 Å². The number of carbonyl (C=O) groups excluding carboxylic acids is 1. The summed E-state index contributed by atoms with van der Waals surface area (Å²) in [7, 11) is 0. The van der Waals surface area contributed by atoms with E-state index in [2.05, 4.69) is 19.2 Å². The van der Waals surface area contributed by atoms with E-state index in [1.165, 1.54) is 12.8 Å². The minimum Gasteiger partial charge on any atom is -0.317 e. The summed E-state index contributed by atoms with van der Waals surface area (Å²) < 4.78 is 0. The van der Waals surface area contributed by atoms with Crippen LogP contribution in [-0.2, 0) is 4.79 Å². The van der Waals surface area contributed by atoms with E-state index in [4.69, 9.17) is 0 Å². The van der Waals surface area contributed by atoms with E-state index in [0.29, 0.717) is 23.0 Å². The first-order valence-corrected chi connectivity index (χ1v) is 5.39. The van der Waals surface area contributed by atoms with Crippen LogP contribution in [0.5, 0.6) is 0 Å². The van der Waals surface area contributed by atoms with Gasteiger partial charge in [0.25, 0.3) is 0 Å². The van der Waals surface area contributed by atoms with Gasteiger partial charge in [0, 0.05) is 12.3 Å². The topological polar surface area (TPSA) is 29.1 Å². The maximum atomic E-state index is 11.6. The lowest BCUT2D eigenvalue weighted by Gasteiger charge is -2.38. The summed E-state index contributed by atoms with van der Waals surface area (Å²) in [6, 6.07) is 0. The number of carbonyl (C=O) groups is 1. The second-order valence-corrected chi connectivity index (χ2v) is 4.83. The fraction of sp³-hybridized carbons (Fsp3) is 0.909. The first kappa shape index (κ1) is 9.20.